The molecule has 0 fully saturated rings. The van der Waals surface area contributed by atoms with Crippen molar-refractivity contribution < 1.29 is 4.74 Å². The van der Waals surface area contributed by atoms with Gasteiger partial charge in [-0.15, -0.1) is 0 Å². The smallest absolute Gasteiger partial charge is 0.151 e. The Kier molecular flexibility index (Phi) is 3.93. The summed E-state index contributed by atoms with van der Waals surface area (Å²) in [6.45, 7) is 6.09. The molecular formula is C15H15Cl2NO. The normalized spacial score (nSPS) is 10.6. The zero-order valence-corrected chi connectivity index (χ0v) is 12.6. The summed E-state index contributed by atoms with van der Waals surface area (Å²) >= 11 is 11.9. The van der Waals surface area contributed by atoms with E-state index < -0.39 is 0 Å². The average Bonchev–Trinajstić information content (AvgIpc) is 2.32. The SMILES string of the molecule is Cc1cc(C)c(C)c(Oc2cc(Cl)c(Cl)cc2N)c1. The molecule has 2 aromatic carbocycles. The van der Waals surface area contributed by atoms with Gasteiger partial charge in [0.2, 0.25) is 0 Å². The minimum absolute atomic E-state index is 0.420. The van der Waals surface area contributed by atoms with Crippen molar-refractivity contribution in [1.29, 1.82) is 0 Å². The van der Waals surface area contributed by atoms with Gasteiger partial charge in [0.1, 0.15) is 5.75 Å². The van der Waals surface area contributed by atoms with E-state index >= 15 is 0 Å². The summed E-state index contributed by atoms with van der Waals surface area (Å²) in [5.41, 5.74) is 9.75. The fourth-order valence-corrected chi connectivity index (χ4v) is 2.18. The van der Waals surface area contributed by atoms with E-state index in [2.05, 4.69) is 6.07 Å². The summed E-state index contributed by atoms with van der Waals surface area (Å²) in [5, 5.41) is 0.844. The molecule has 0 aliphatic carbocycles. The lowest BCUT2D eigenvalue weighted by atomic mass is 10.1. The average molecular weight is 296 g/mol. The van der Waals surface area contributed by atoms with Gasteiger partial charge in [-0.3, -0.25) is 0 Å². The fraction of sp³-hybridized carbons (Fsp3) is 0.200. The Balaban J connectivity index is 2.44. The molecule has 0 saturated carbocycles. The Hall–Kier alpha value is -1.38. The molecular weight excluding hydrogens is 281 g/mol. The predicted octanol–water partition coefficient (Wildman–Crippen LogP) is 5.29. The van der Waals surface area contributed by atoms with Crippen molar-refractivity contribution in [2.24, 2.45) is 0 Å². The zero-order valence-electron chi connectivity index (χ0n) is 11.1. The molecule has 4 heteroatoms. The number of rotatable bonds is 2. The Morgan fingerprint density at radius 2 is 1.53 bits per heavy atom. The molecule has 0 atom stereocenters. The van der Waals surface area contributed by atoms with Crippen molar-refractivity contribution in [2.75, 3.05) is 5.73 Å². The number of nitrogen functional groups attached to an aromatic ring is 1. The molecule has 0 amide bonds. The predicted molar refractivity (Wildman–Crippen MR) is 81.6 cm³/mol. The van der Waals surface area contributed by atoms with Crippen molar-refractivity contribution >= 4 is 28.9 Å². The first-order valence-electron chi connectivity index (χ1n) is 5.88. The topological polar surface area (TPSA) is 35.2 Å². The van der Waals surface area contributed by atoms with Crippen LogP contribution in [0.2, 0.25) is 10.0 Å². The van der Waals surface area contributed by atoms with E-state index in [1.165, 1.54) is 5.56 Å². The molecule has 0 aromatic heterocycles. The van der Waals surface area contributed by atoms with Crippen LogP contribution in [0.5, 0.6) is 11.5 Å². The molecule has 0 heterocycles. The molecule has 2 aromatic rings. The Bertz CT molecular complexity index is 639. The number of anilines is 1. The summed E-state index contributed by atoms with van der Waals surface area (Å²) in [5.74, 6) is 1.30. The number of aryl methyl sites for hydroxylation is 2. The first kappa shape index (κ1) is 14.0. The van der Waals surface area contributed by atoms with E-state index in [4.69, 9.17) is 33.7 Å². The number of nitrogens with two attached hydrogens (primary N) is 1. The molecule has 2 N–H and O–H groups in total. The molecule has 0 saturated heterocycles. The fourth-order valence-electron chi connectivity index (χ4n) is 1.86. The highest BCUT2D eigenvalue weighted by Gasteiger charge is 2.10. The first-order valence-corrected chi connectivity index (χ1v) is 6.64. The standard InChI is InChI=1S/C15H15Cl2NO/c1-8-4-9(2)10(3)14(5-8)19-15-7-12(17)11(16)6-13(15)18/h4-7H,18H2,1-3H3. The third kappa shape index (κ3) is 2.96. The summed E-state index contributed by atoms with van der Waals surface area (Å²) < 4.78 is 5.87. The maximum atomic E-state index is 5.99. The number of halogens is 2. The second-order valence-electron chi connectivity index (χ2n) is 4.61. The number of hydrogen-bond acceptors (Lipinski definition) is 2. The summed E-state index contributed by atoms with van der Waals surface area (Å²) in [6, 6.07) is 7.32. The molecule has 19 heavy (non-hydrogen) atoms. The van der Waals surface area contributed by atoms with Crippen molar-refractivity contribution in [1.82, 2.24) is 0 Å². The van der Waals surface area contributed by atoms with Gasteiger partial charge in [-0.1, -0.05) is 29.3 Å². The van der Waals surface area contributed by atoms with Crippen molar-refractivity contribution in [2.45, 2.75) is 20.8 Å². The second kappa shape index (κ2) is 5.32. The minimum Gasteiger partial charge on any atom is -0.455 e. The van der Waals surface area contributed by atoms with Crippen LogP contribution >= 0.6 is 23.2 Å². The minimum atomic E-state index is 0.420. The number of hydrogen-bond donors (Lipinski definition) is 1. The monoisotopic (exact) mass is 295 g/mol. The Morgan fingerprint density at radius 3 is 2.21 bits per heavy atom. The largest absolute Gasteiger partial charge is 0.455 e. The molecule has 0 radical (unpaired) electrons. The molecule has 0 aliphatic heterocycles. The summed E-state index contributed by atoms with van der Waals surface area (Å²) in [7, 11) is 0. The summed E-state index contributed by atoms with van der Waals surface area (Å²) in [4.78, 5) is 0. The highest BCUT2D eigenvalue weighted by molar-refractivity contribution is 6.42. The molecule has 0 aliphatic rings. The highest BCUT2D eigenvalue weighted by atomic mass is 35.5. The maximum absolute atomic E-state index is 5.99. The van der Waals surface area contributed by atoms with Gasteiger partial charge in [-0.25, -0.2) is 0 Å². The van der Waals surface area contributed by atoms with Crippen molar-refractivity contribution in [3.05, 3.63) is 51.0 Å². The maximum Gasteiger partial charge on any atom is 0.151 e. The van der Waals surface area contributed by atoms with Crippen LogP contribution in [0.3, 0.4) is 0 Å². The lowest BCUT2D eigenvalue weighted by Gasteiger charge is -2.14. The third-order valence-corrected chi connectivity index (χ3v) is 3.76. The van der Waals surface area contributed by atoms with Crippen LogP contribution in [0, 0.1) is 20.8 Å². The number of benzene rings is 2. The molecule has 0 bridgehead atoms. The van der Waals surface area contributed by atoms with Gasteiger partial charge in [0.05, 0.1) is 15.7 Å². The van der Waals surface area contributed by atoms with Crippen LogP contribution in [-0.2, 0) is 0 Å². The van der Waals surface area contributed by atoms with Gasteiger partial charge in [0.25, 0.3) is 0 Å². The van der Waals surface area contributed by atoms with Crippen LogP contribution in [0.15, 0.2) is 24.3 Å². The van der Waals surface area contributed by atoms with Gasteiger partial charge < -0.3 is 10.5 Å². The van der Waals surface area contributed by atoms with Gasteiger partial charge in [0, 0.05) is 6.07 Å². The van der Waals surface area contributed by atoms with E-state index in [1.54, 1.807) is 12.1 Å². The van der Waals surface area contributed by atoms with Crippen LogP contribution in [0.1, 0.15) is 16.7 Å². The van der Waals surface area contributed by atoms with Crippen LogP contribution in [0.4, 0.5) is 5.69 Å². The lowest BCUT2D eigenvalue weighted by molar-refractivity contribution is 0.480. The van der Waals surface area contributed by atoms with Crippen LogP contribution < -0.4 is 10.5 Å². The van der Waals surface area contributed by atoms with Gasteiger partial charge in [0.15, 0.2) is 5.75 Å². The van der Waals surface area contributed by atoms with Crippen molar-refractivity contribution in [3.63, 3.8) is 0 Å². The van der Waals surface area contributed by atoms with Crippen molar-refractivity contribution in [3.8, 4) is 11.5 Å². The zero-order chi connectivity index (χ0) is 14.2. The molecule has 100 valence electrons. The quantitative estimate of drug-likeness (QED) is 0.764. The molecule has 0 spiro atoms. The van der Waals surface area contributed by atoms with Gasteiger partial charge >= 0.3 is 0 Å². The lowest BCUT2D eigenvalue weighted by Crippen LogP contribution is -1.96. The first-order chi connectivity index (χ1) is 8.88. The Labute approximate surface area is 123 Å². The Morgan fingerprint density at radius 1 is 0.895 bits per heavy atom. The summed E-state index contributed by atoms with van der Waals surface area (Å²) in [6.07, 6.45) is 0. The molecule has 2 nitrogen and oxygen atoms in total. The van der Waals surface area contributed by atoms with E-state index in [1.807, 2.05) is 26.8 Å². The van der Waals surface area contributed by atoms with Crippen LogP contribution in [-0.4, -0.2) is 0 Å². The van der Waals surface area contributed by atoms with E-state index in [0.717, 1.165) is 16.9 Å². The van der Waals surface area contributed by atoms with E-state index in [-0.39, 0.29) is 0 Å². The van der Waals surface area contributed by atoms with E-state index in [0.29, 0.717) is 21.5 Å². The molecule has 0 unspecified atom stereocenters. The second-order valence-corrected chi connectivity index (χ2v) is 5.43. The highest BCUT2D eigenvalue weighted by Crippen LogP contribution is 2.36. The third-order valence-electron chi connectivity index (χ3n) is 3.04. The number of ether oxygens (including phenoxy) is 1. The van der Waals surface area contributed by atoms with Gasteiger partial charge in [-0.2, -0.15) is 0 Å². The van der Waals surface area contributed by atoms with Crippen LogP contribution in [0.25, 0.3) is 0 Å². The van der Waals surface area contributed by atoms with E-state index in [9.17, 15) is 0 Å². The van der Waals surface area contributed by atoms with Gasteiger partial charge in [-0.05, 0) is 49.6 Å². The molecule has 2 rings (SSSR count).